The highest BCUT2D eigenvalue weighted by molar-refractivity contribution is 5.97. The van der Waals surface area contributed by atoms with Crippen molar-refractivity contribution in [1.82, 2.24) is 4.90 Å². The summed E-state index contributed by atoms with van der Waals surface area (Å²) in [5.74, 6) is 1.29. The van der Waals surface area contributed by atoms with Crippen molar-refractivity contribution in [3.05, 3.63) is 35.6 Å². The molecular weight excluding hydrogens is 241 g/mol. The van der Waals surface area contributed by atoms with Gasteiger partial charge in [-0.05, 0) is 49.7 Å². The van der Waals surface area contributed by atoms with Crippen molar-refractivity contribution in [2.24, 2.45) is 11.8 Å². The summed E-state index contributed by atoms with van der Waals surface area (Å²) in [6, 6.07) is 6.03. The van der Waals surface area contributed by atoms with Gasteiger partial charge in [-0.3, -0.25) is 9.69 Å². The molecule has 0 amide bonds. The molecule has 0 spiro atoms. The monoisotopic (exact) mass is 261 g/mol. The third-order valence-electron chi connectivity index (χ3n) is 3.94. The van der Waals surface area contributed by atoms with Crippen LogP contribution in [0.25, 0.3) is 0 Å². The van der Waals surface area contributed by atoms with Crippen molar-refractivity contribution >= 4 is 5.78 Å². The molecule has 2 nitrogen and oxygen atoms in total. The van der Waals surface area contributed by atoms with Crippen molar-refractivity contribution in [2.75, 3.05) is 19.6 Å². The quantitative estimate of drug-likeness (QED) is 0.703. The number of halogens is 1. The average Bonchev–Trinajstić information content (AvgIpc) is 3.25. The third-order valence-corrected chi connectivity index (χ3v) is 3.94. The van der Waals surface area contributed by atoms with E-state index >= 15 is 0 Å². The van der Waals surface area contributed by atoms with E-state index in [1.807, 2.05) is 0 Å². The number of rotatable bonds is 7. The number of hydrogen-bond acceptors (Lipinski definition) is 2. The second-order valence-electron chi connectivity index (χ2n) is 6.01. The van der Waals surface area contributed by atoms with Gasteiger partial charge in [-0.15, -0.1) is 0 Å². The highest BCUT2D eigenvalue weighted by Crippen LogP contribution is 2.33. The summed E-state index contributed by atoms with van der Waals surface area (Å²) < 4.78 is 13.1. The van der Waals surface area contributed by atoms with Crippen LogP contribution in [-0.2, 0) is 0 Å². The highest BCUT2D eigenvalue weighted by atomic mass is 19.1. The number of carbonyl (C=O) groups is 1. The molecule has 0 bridgehead atoms. The molecule has 0 atom stereocenters. The predicted molar refractivity (Wildman–Crippen MR) is 72.6 cm³/mol. The maximum atomic E-state index is 13.1. The molecule has 102 valence electrons. The number of hydrogen-bond donors (Lipinski definition) is 0. The summed E-state index contributed by atoms with van der Waals surface area (Å²) in [6.07, 6.45) is 5.20. The van der Waals surface area contributed by atoms with E-state index in [0.29, 0.717) is 12.1 Å². The van der Waals surface area contributed by atoms with Crippen LogP contribution in [0.3, 0.4) is 0 Å². The van der Waals surface area contributed by atoms with E-state index in [2.05, 4.69) is 4.90 Å². The summed E-state index contributed by atoms with van der Waals surface area (Å²) >= 11 is 0. The Hall–Kier alpha value is -1.22. The van der Waals surface area contributed by atoms with Crippen molar-refractivity contribution in [3.63, 3.8) is 0 Å². The summed E-state index contributed by atoms with van der Waals surface area (Å²) in [6.45, 7) is 2.52. The van der Waals surface area contributed by atoms with Crippen LogP contribution in [0.1, 0.15) is 36.0 Å². The first-order valence-corrected chi connectivity index (χ1v) is 7.22. The Kier molecular flexibility index (Phi) is 3.65. The zero-order valence-electron chi connectivity index (χ0n) is 11.1. The molecule has 0 unspecified atom stereocenters. The van der Waals surface area contributed by atoms with Crippen LogP contribution >= 0.6 is 0 Å². The highest BCUT2D eigenvalue weighted by Gasteiger charge is 2.30. The standard InChI is InChI=1S/C16H20FNO/c17-15-3-1-2-14(8-15)16(19)11-18(9-12-4-5-12)10-13-6-7-13/h1-3,8,12-13H,4-7,9-11H2. The van der Waals surface area contributed by atoms with Crippen molar-refractivity contribution in [3.8, 4) is 0 Å². The molecule has 1 aromatic carbocycles. The summed E-state index contributed by atoms with van der Waals surface area (Å²) in [5, 5.41) is 0. The first-order valence-electron chi connectivity index (χ1n) is 7.22. The van der Waals surface area contributed by atoms with Crippen LogP contribution in [-0.4, -0.2) is 30.3 Å². The fraction of sp³-hybridized carbons (Fsp3) is 0.562. The zero-order chi connectivity index (χ0) is 13.2. The largest absolute Gasteiger partial charge is 0.295 e. The van der Waals surface area contributed by atoms with Gasteiger partial charge in [-0.25, -0.2) is 4.39 Å². The molecule has 1 aromatic rings. The van der Waals surface area contributed by atoms with Crippen molar-refractivity contribution in [2.45, 2.75) is 25.7 Å². The van der Waals surface area contributed by atoms with Crippen LogP contribution in [0.4, 0.5) is 4.39 Å². The molecule has 0 saturated heterocycles. The molecule has 3 heteroatoms. The molecule has 0 aromatic heterocycles. The van der Waals surface area contributed by atoms with Gasteiger partial charge in [0.05, 0.1) is 6.54 Å². The maximum absolute atomic E-state index is 13.1. The van der Waals surface area contributed by atoms with Crippen molar-refractivity contribution < 1.29 is 9.18 Å². The van der Waals surface area contributed by atoms with Crippen LogP contribution in [0, 0.1) is 17.7 Å². The number of benzene rings is 1. The minimum atomic E-state index is -0.332. The van der Waals surface area contributed by atoms with Gasteiger partial charge in [0.2, 0.25) is 0 Å². The normalized spacial score (nSPS) is 18.8. The zero-order valence-corrected chi connectivity index (χ0v) is 11.1. The molecule has 3 rings (SSSR count). The summed E-state index contributed by atoms with van der Waals surface area (Å²) in [7, 11) is 0. The van der Waals surface area contributed by atoms with Crippen LogP contribution in [0.2, 0.25) is 0 Å². The van der Waals surface area contributed by atoms with Gasteiger partial charge in [-0.1, -0.05) is 12.1 Å². The topological polar surface area (TPSA) is 20.3 Å². The SMILES string of the molecule is O=C(CN(CC1CC1)CC1CC1)c1cccc(F)c1. The van der Waals surface area contributed by atoms with Gasteiger partial charge in [0.15, 0.2) is 5.78 Å². The fourth-order valence-electron chi connectivity index (χ4n) is 2.49. The van der Waals surface area contributed by atoms with Gasteiger partial charge in [0.25, 0.3) is 0 Å². The first-order chi connectivity index (χ1) is 9.20. The molecule has 0 aliphatic heterocycles. The Morgan fingerprint density at radius 2 is 1.79 bits per heavy atom. The number of ketones is 1. The lowest BCUT2D eigenvalue weighted by molar-refractivity contribution is 0.0923. The second kappa shape index (κ2) is 5.41. The number of carbonyl (C=O) groups excluding carboxylic acids is 1. The fourth-order valence-corrected chi connectivity index (χ4v) is 2.49. The molecule has 0 N–H and O–H groups in total. The van der Waals surface area contributed by atoms with Gasteiger partial charge in [0.1, 0.15) is 5.82 Å². The van der Waals surface area contributed by atoms with Gasteiger partial charge in [0, 0.05) is 18.7 Å². The molecule has 2 saturated carbocycles. The Balaban J connectivity index is 1.60. The van der Waals surface area contributed by atoms with E-state index in [0.717, 1.165) is 24.9 Å². The Morgan fingerprint density at radius 3 is 2.32 bits per heavy atom. The van der Waals surface area contributed by atoms with Gasteiger partial charge in [-0.2, -0.15) is 0 Å². The minimum absolute atomic E-state index is 0.0424. The van der Waals surface area contributed by atoms with E-state index in [1.165, 1.54) is 37.8 Å². The smallest absolute Gasteiger partial charge is 0.176 e. The van der Waals surface area contributed by atoms with E-state index in [1.54, 1.807) is 12.1 Å². The van der Waals surface area contributed by atoms with E-state index < -0.39 is 0 Å². The van der Waals surface area contributed by atoms with E-state index in [9.17, 15) is 9.18 Å². The Labute approximate surface area is 113 Å². The number of Topliss-reactive ketones (excluding diaryl/α,β-unsaturated/α-hetero) is 1. The summed E-state index contributed by atoms with van der Waals surface area (Å²) in [5.41, 5.74) is 0.497. The third kappa shape index (κ3) is 3.87. The van der Waals surface area contributed by atoms with E-state index in [-0.39, 0.29) is 11.6 Å². The lowest BCUT2D eigenvalue weighted by atomic mass is 10.1. The first kappa shape index (κ1) is 12.8. The lowest BCUT2D eigenvalue weighted by Gasteiger charge is -2.21. The van der Waals surface area contributed by atoms with Crippen LogP contribution < -0.4 is 0 Å². The van der Waals surface area contributed by atoms with Gasteiger partial charge >= 0.3 is 0 Å². The summed E-state index contributed by atoms with van der Waals surface area (Å²) in [4.78, 5) is 14.5. The molecule has 0 radical (unpaired) electrons. The van der Waals surface area contributed by atoms with Crippen molar-refractivity contribution in [1.29, 1.82) is 0 Å². The number of nitrogens with zero attached hydrogens (tertiary/aromatic N) is 1. The molecular formula is C16H20FNO. The maximum Gasteiger partial charge on any atom is 0.176 e. The van der Waals surface area contributed by atoms with Crippen LogP contribution in [0.5, 0.6) is 0 Å². The predicted octanol–water partition coefficient (Wildman–Crippen LogP) is 3.13. The second-order valence-corrected chi connectivity index (χ2v) is 6.01. The van der Waals surface area contributed by atoms with Gasteiger partial charge < -0.3 is 0 Å². The Morgan fingerprint density at radius 1 is 1.16 bits per heavy atom. The molecule has 2 aliphatic rings. The average molecular weight is 261 g/mol. The molecule has 19 heavy (non-hydrogen) atoms. The Bertz CT molecular complexity index is 452. The molecule has 0 heterocycles. The lowest BCUT2D eigenvalue weighted by Crippen LogP contribution is -2.33. The van der Waals surface area contributed by atoms with E-state index in [4.69, 9.17) is 0 Å². The molecule has 2 aliphatic carbocycles. The van der Waals surface area contributed by atoms with Crippen LogP contribution in [0.15, 0.2) is 24.3 Å². The minimum Gasteiger partial charge on any atom is -0.295 e. The molecule has 2 fully saturated rings.